The van der Waals surface area contributed by atoms with Crippen LogP contribution in [0.5, 0.6) is 23.0 Å². The third-order valence-electron chi connectivity index (χ3n) is 7.67. The number of amides is 1. The molecule has 1 amide bonds. The highest BCUT2D eigenvalue weighted by atomic mass is 16.5. The van der Waals surface area contributed by atoms with E-state index >= 15 is 0 Å². The highest BCUT2D eigenvalue weighted by Gasteiger charge is 2.17. The summed E-state index contributed by atoms with van der Waals surface area (Å²) >= 11 is 0. The van der Waals surface area contributed by atoms with E-state index < -0.39 is 0 Å². The first kappa shape index (κ1) is 30.8. The molecule has 0 aliphatic heterocycles. The number of hydrogen-bond donors (Lipinski definition) is 1. The topological polar surface area (TPSA) is 83.8 Å². The second-order valence-corrected chi connectivity index (χ2v) is 10.4. The molecule has 4 rings (SSSR count). The molecule has 1 atom stereocenters. The third kappa shape index (κ3) is 7.55. The summed E-state index contributed by atoms with van der Waals surface area (Å²) in [4.78, 5) is 17.7. The maximum Gasteiger partial charge on any atom is 0.251 e. The average molecular weight is 574 g/mol. The number of benzene rings is 3. The maximum absolute atomic E-state index is 12.8. The van der Waals surface area contributed by atoms with Crippen LogP contribution < -0.4 is 24.3 Å². The monoisotopic (exact) mass is 573 g/mol. The van der Waals surface area contributed by atoms with Gasteiger partial charge in [0.15, 0.2) is 11.5 Å². The van der Waals surface area contributed by atoms with Crippen LogP contribution in [0.4, 0.5) is 0 Å². The van der Waals surface area contributed by atoms with Crippen molar-refractivity contribution in [1.29, 1.82) is 0 Å². The molecule has 224 valence electrons. The minimum Gasteiger partial charge on any atom is -0.493 e. The summed E-state index contributed by atoms with van der Waals surface area (Å²) in [6.45, 7) is 6.33. The van der Waals surface area contributed by atoms with Gasteiger partial charge in [0.2, 0.25) is 5.75 Å². The second-order valence-electron chi connectivity index (χ2n) is 10.4. The van der Waals surface area contributed by atoms with Crippen molar-refractivity contribution in [2.75, 3.05) is 34.5 Å². The summed E-state index contributed by atoms with van der Waals surface area (Å²) in [6, 6.07) is 20.0. The van der Waals surface area contributed by atoms with E-state index in [4.69, 9.17) is 23.9 Å². The lowest BCUT2D eigenvalue weighted by atomic mass is 9.99. The van der Waals surface area contributed by atoms with E-state index in [9.17, 15) is 4.79 Å². The fourth-order valence-electron chi connectivity index (χ4n) is 5.05. The number of aromatic nitrogens is 2. The van der Waals surface area contributed by atoms with Gasteiger partial charge in [-0.05, 0) is 67.1 Å². The van der Waals surface area contributed by atoms with Gasteiger partial charge in [-0.1, -0.05) is 44.5 Å². The van der Waals surface area contributed by atoms with Crippen molar-refractivity contribution in [2.45, 2.75) is 58.4 Å². The summed E-state index contributed by atoms with van der Waals surface area (Å²) in [5.41, 5.74) is 3.93. The quantitative estimate of drug-likeness (QED) is 0.149. The van der Waals surface area contributed by atoms with Gasteiger partial charge >= 0.3 is 0 Å². The highest BCUT2D eigenvalue weighted by molar-refractivity contribution is 5.95. The van der Waals surface area contributed by atoms with E-state index in [1.807, 2.05) is 6.07 Å². The number of methoxy groups -OCH3 is 3. The number of aryl methyl sites for hydroxylation is 1. The Bertz CT molecular complexity index is 1420. The van der Waals surface area contributed by atoms with Gasteiger partial charge in [-0.2, -0.15) is 0 Å². The zero-order valence-electron chi connectivity index (χ0n) is 25.4. The van der Waals surface area contributed by atoms with Gasteiger partial charge in [0, 0.05) is 18.5 Å². The third-order valence-corrected chi connectivity index (χ3v) is 7.67. The van der Waals surface area contributed by atoms with E-state index in [0.717, 1.165) is 61.3 Å². The number of unbranched alkanes of at least 4 members (excludes halogenated alkanes) is 2. The van der Waals surface area contributed by atoms with E-state index in [0.29, 0.717) is 41.9 Å². The molecule has 1 unspecified atom stereocenters. The molecule has 0 saturated heterocycles. The van der Waals surface area contributed by atoms with Gasteiger partial charge in [0.25, 0.3) is 5.91 Å². The van der Waals surface area contributed by atoms with Crippen LogP contribution in [0, 0.1) is 0 Å². The minimum absolute atomic E-state index is 0.175. The summed E-state index contributed by atoms with van der Waals surface area (Å²) in [5, 5.41) is 3.00. The first-order chi connectivity index (χ1) is 20.5. The van der Waals surface area contributed by atoms with E-state index in [1.165, 1.54) is 26.9 Å². The van der Waals surface area contributed by atoms with Crippen LogP contribution in [0.2, 0.25) is 0 Å². The lowest BCUT2D eigenvalue weighted by Crippen LogP contribution is -2.24. The molecule has 1 aromatic heterocycles. The Kier molecular flexibility index (Phi) is 11.1. The SMILES string of the molecule is CCC(C)c1ccc(OCCn2c(CCCCCNC(=O)c3cc(OC)c(OC)c(OC)c3)nc3ccccc32)cc1. The highest BCUT2D eigenvalue weighted by Crippen LogP contribution is 2.38. The Labute approximate surface area is 249 Å². The Hall–Kier alpha value is -4.20. The van der Waals surface area contributed by atoms with Crippen molar-refractivity contribution in [1.82, 2.24) is 14.9 Å². The Balaban J connectivity index is 1.27. The summed E-state index contributed by atoms with van der Waals surface area (Å²) < 4.78 is 24.4. The molecule has 4 aromatic rings. The first-order valence-corrected chi connectivity index (χ1v) is 14.7. The molecular weight excluding hydrogens is 530 g/mol. The molecule has 0 spiro atoms. The summed E-state index contributed by atoms with van der Waals surface area (Å²) in [5.74, 6) is 3.70. The number of ether oxygens (including phenoxy) is 4. The minimum atomic E-state index is -0.175. The fourth-order valence-corrected chi connectivity index (χ4v) is 5.05. The van der Waals surface area contributed by atoms with Crippen LogP contribution in [0.25, 0.3) is 11.0 Å². The number of carbonyl (C=O) groups is 1. The second kappa shape index (κ2) is 15.1. The molecule has 0 bridgehead atoms. The fraction of sp³-hybridized carbons (Fsp3) is 0.412. The number of imidazole rings is 1. The van der Waals surface area contributed by atoms with Gasteiger partial charge in [-0.3, -0.25) is 4.79 Å². The molecule has 0 aliphatic carbocycles. The van der Waals surface area contributed by atoms with Crippen LogP contribution in [0.1, 0.15) is 67.2 Å². The normalized spacial score (nSPS) is 11.7. The molecule has 1 heterocycles. The zero-order chi connectivity index (χ0) is 29.9. The lowest BCUT2D eigenvalue weighted by molar-refractivity contribution is 0.0952. The van der Waals surface area contributed by atoms with Crippen molar-refractivity contribution < 1.29 is 23.7 Å². The van der Waals surface area contributed by atoms with Crippen molar-refractivity contribution in [3.8, 4) is 23.0 Å². The van der Waals surface area contributed by atoms with E-state index in [2.05, 4.69) is 66.2 Å². The van der Waals surface area contributed by atoms with Gasteiger partial charge in [0.05, 0.1) is 38.9 Å². The van der Waals surface area contributed by atoms with Crippen molar-refractivity contribution in [3.05, 3.63) is 77.6 Å². The number of para-hydroxylation sites is 2. The molecule has 42 heavy (non-hydrogen) atoms. The lowest BCUT2D eigenvalue weighted by Gasteiger charge is -2.14. The number of fused-ring (bicyclic) bond motifs is 1. The van der Waals surface area contributed by atoms with Crippen molar-refractivity contribution in [2.24, 2.45) is 0 Å². The molecule has 0 saturated carbocycles. The van der Waals surface area contributed by atoms with E-state index in [1.54, 1.807) is 12.1 Å². The van der Waals surface area contributed by atoms with Crippen LogP contribution in [-0.4, -0.2) is 49.9 Å². The van der Waals surface area contributed by atoms with Gasteiger partial charge < -0.3 is 28.8 Å². The largest absolute Gasteiger partial charge is 0.493 e. The smallest absolute Gasteiger partial charge is 0.251 e. The predicted molar refractivity (Wildman–Crippen MR) is 166 cm³/mol. The van der Waals surface area contributed by atoms with Gasteiger partial charge in [0.1, 0.15) is 18.2 Å². The van der Waals surface area contributed by atoms with Crippen LogP contribution in [0.3, 0.4) is 0 Å². The Morgan fingerprint density at radius 3 is 2.31 bits per heavy atom. The number of nitrogens with one attached hydrogen (secondary N) is 1. The Morgan fingerprint density at radius 1 is 0.929 bits per heavy atom. The van der Waals surface area contributed by atoms with Crippen molar-refractivity contribution >= 4 is 16.9 Å². The Morgan fingerprint density at radius 2 is 1.64 bits per heavy atom. The van der Waals surface area contributed by atoms with Crippen LogP contribution in [-0.2, 0) is 13.0 Å². The maximum atomic E-state index is 12.8. The standard InChI is InChI=1S/C34H43N3O5/c1-6-24(2)25-15-17-27(18-16-25)42-21-20-37-29-13-10-9-12-28(29)36-32(37)14-8-7-11-19-35-34(38)26-22-30(39-3)33(41-5)31(23-26)40-4/h9-10,12-13,15-18,22-24H,6-8,11,14,19-21H2,1-5H3,(H,35,38). The predicted octanol–water partition coefficient (Wildman–Crippen LogP) is 6.80. The number of hydrogen-bond acceptors (Lipinski definition) is 6. The summed E-state index contributed by atoms with van der Waals surface area (Å²) in [6.07, 6.45) is 4.80. The van der Waals surface area contributed by atoms with E-state index in [-0.39, 0.29) is 5.91 Å². The van der Waals surface area contributed by atoms with Crippen LogP contribution >= 0.6 is 0 Å². The molecule has 0 fully saturated rings. The molecule has 0 radical (unpaired) electrons. The van der Waals surface area contributed by atoms with Gasteiger partial charge in [-0.25, -0.2) is 4.98 Å². The average Bonchev–Trinajstić information content (AvgIpc) is 3.38. The first-order valence-electron chi connectivity index (χ1n) is 14.7. The molecular formula is C34H43N3O5. The number of carbonyl (C=O) groups excluding carboxylic acids is 1. The molecule has 3 aromatic carbocycles. The number of nitrogens with zero attached hydrogens (tertiary/aromatic N) is 2. The zero-order valence-corrected chi connectivity index (χ0v) is 25.4. The molecule has 8 nitrogen and oxygen atoms in total. The van der Waals surface area contributed by atoms with Crippen molar-refractivity contribution in [3.63, 3.8) is 0 Å². The molecule has 0 aliphatic rings. The van der Waals surface area contributed by atoms with Crippen LogP contribution in [0.15, 0.2) is 60.7 Å². The molecule has 1 N–H and O–H groups in total. The van der Waals surface area contributed by atoms with Gasteiger partial charge in [-0.15, -0.1) is 0 Å². The number of rotatable bonds is 16. The summed E-state index contributed by atoms with van der Waals surface area (Å²) in [7, 11) is 4.61. The molecule has 8 heteroatoms.